The smallest absolute Gasteiger partial charge is 0.259 e. The van der Waals surface area contributed by atoms with Crippen molar-refractivity contribution in [3.8, 4) is 11.5 Å². The third-order valence-corrected chi connectivity index (χ3v) is 6.34. The number of rotatable bonds is 10. The molecule has 0 unspecified atom stereocenters. The van der Waals surface area contributed by atoms with Crippen LogP contribution in [0.1, 0.15) is 18.1 Å². The van der Waals surface area contributed by atoms with Gasteiger partial charge in [-0.3, -0.25) is 4.79 Å². The standard InChI is InChI=1S/C28H25ClIN3O3/c1-2-35-26-15-19(16-32-33-27(34)17-31-23-12-10-22(29)11-13-23)14-25(30)28(26)36-18-21-8-5-7-20-6-3-4-9-24(20)21/h3-16,31H,2,17-18H2,1H3,(H,33,34)/b32-16-. The second-order valence-corrected chi connectivity index (χ2v) is 9.44. The Hall–Kier alpha value is -3.30. The zero-order valence-electron chi connectivity index (χ0n) is 19.6. The number of hydrogen-bond acceptors (Lipinski definition) is 5. The Bertz CT molecular complexity index is 1370. The molecule has 6 nitrogen and oxygen atoms in total. The van der Waals surface area contributed by atoms with Crippen LogP contribution in [-0.4, -0.2) is 25.3 Å². The average Bonchev–Trinajstić information content (AvgIpc) is 2.88. The Balaban J connectivity index is 1.40. The molecule has 0 fully saturated rings. The van der Waals surface area contributed by atoms with Gasteiger partial charge >= 0.3 is 0 Å². The van der Waals surface area contributed by atoms with Crippen molar-refractivity contribution in [2.24, 2.45) is 5.10 Å². The Labute approximate surface area is 228 Å². The number of carbonyl (C=O) groups excluding carboxylic acids is 1. The molecule has 0 radical (unpaired) electrons. The molecule has 0 saturated heterocycles. The van der Waals surface area contributed by atoms with Crippen molar-refractivity contribution >= 4 is 62.8 Å². The van der Waals surface area contributed by atoms with E-state index >= 15 is 0 Å². The van der Waals surface area contributed by atoms with Crippen LogP contribution in [-0.2, 0) is 11.4 Å². The van der Waals surface area contributed by atoms with Crippen molar-refractivity contribution in [1.29, 1.82) is 0 Å². The summed E-state index contributed by atoms with van der Waals surface area (Å²) in [6.07, 6.45) is 1.58. The van der Waals surface area contributed by atoms with Gasteiger partial charge in [-0.2, -0.15) is 5.10 Å². The van der Waals surface area contributed by atoms with Gasteiger partial charge in [-0.25, -0.2) is 5.43 Å². The predicted molar refractivity (Wildman–Crippen MR) is 154 cm³/mol. The van der Waals surface area contributed by atoms with Crippen LogP contribution in [0.3, 0.4) is 0 Å². The molecule has 0 aromatic heterocycles. The van der Waals surface area contributed by atoms with Crippen LogP contribution in [0, 0.1) is 3.57 Å². The van der Waals surface area contributed by atoms with E-state index in [2.05, 4.69) is 62.7 Å². The molecule has 4 aromatic rings. The average molecular weight is 614 g/mol. The van der Waals surface area contributed by atoms with Crippen molar-refractivity contribution in [3.05, 3.63) is 98.6 Å². The van der Waals surface area contributed by atoms with Crippen LogP contribution in [0.25, 0.3) is 10.8 Å². The summed E-state index contributed by atoms with van der Waals surface area (Å²) in [5, 5.41) is 10.1. The maximum absolute atomic E-state index is 12.1. The number of carbonyl (C=O) groups is 1. The zero-order chi connectivity index (χ0) is 25.3. The molecule has 0 spiro atoms. The number of ether oxygens (including phenoxy) is 2. The number of anilines is 1. The highest BCUT2D eigenvalue weighted by molar-refractivity contribution is 14.1. The third-order valence-electron chi connectivity index (χ3n) is 5.28. The summed E-state index contributed by atoms with van der Waals surface area (Å²) < 4.78 is 13.0. The number of fused-ring (bicyclic) bond motifs is 1. The maximum atomic E-state index is 12.1. The van der Waals surface area contributed by atoms with Gasteiger partial charge < -0.3 is 14.8 Å². The lowest BCUT2D eigenvalue weighted by Crippen LogP contribution is -2.25. The Morgan fingerprint density at radius 1 is 1.03 bits per heavy atom. The quantitative estimate of drug-likeness (QED) is 0.120. The fourth-order valence-electron chi connectivity index (χ4n) is 3.60. The van der Waals surface area contributed by atoms with Gasteiger partial charge in [-0.1, -0.05) is 54.1 Å². The van der Waals surface area contributed by atoms with Gasteiger partial charge in [0.2, 0.25) is 0 Å². The lowest BCUT2D eigenvalue weighted by atomic mass is 10.1. The van der Waals surface area contributed by atoms with Gasteiger partial charge in [0.05, 0.1) is 22.9 Å². The summed E-state index contributed by atoms with van der Waals surface area (Å²) in [6, 6.07) is 25.4. The third kappa shape index (κ3) is 6.89. The van der Waals surface area contributed by atoms with Gasteiger partial charge in [0.15, 0.2) is 11.5 Å². The number of nitrogens with one attached hydrogen (secondary N) is 2. The number of hydrazone groups is 1. The van der Waals surface area contributed by atoms with Crippen molar-refractivity contribution in [1.82, 2.24) is 5.43 Å². The molecular formula is C28H25ClIN3O3. The van der Waals surface area contributed by atoms with E-state index in [-0.39, 0.29) is 12.5 Å². The normalized spacial score (nSPS) is 11.0. The summed E-state index contributed by atoms with van der Waals surface area (Å²) in [4.78, 5) is 12.1. The molecule has 4 rings (SSSR count). The van der Waals surface area contributed by atoms with Crippen molar-refractivity contribution < 1.29 is 14.3 Å². The molecule has 0 aliphatic rings. The Morgan fingerprint density at radius 2 is 1.81 bits per heavy atom. The first-order valence-corrected chi connectivity index (χ1v) is 12.9. The molecule has 0 atom stereocenters. The minimum absolute atomic E-state index is 0.0850. The van der Waals surface area contributed by atoms with Gasteiger partial charge in [0, 0.05) is 10.7 Å². The first-order valence-electron chi connectivity index (χ1n) is 11.4. The molecule has 8 heteroatoms. The number of benzene rings is 4. The monoisotopic (exact) mass is 613 g/mol. The molecule has 4 aromatic carbocycles. The number of hydrogen-bond donors (Lipinski definition) is 2. The van der Waals surface area contributed by atoms with E-state index in [4.69, 9.17) is 21.1 Å². The molecule has 0 bridgehead atoms. The molecule has 184 valence electrons. The van der Waals surface area contributed by atoms with Crippen molar-refractivity contribution in [2.75, 3.05) is 18.5 Å². The van der Waals surface area contributed by atoms with E-state index in [9.17, 15) is 4.79 Å². The summed E-state index contributed by atoms with van der Waals surface area (Å²) >= 11 is 8.10. The molecule has 36 heavy (non-hydrogen) atoms. The van der Waals surface area contributed by atoms with Gasteiger partial charge in [0.25, 0.3) is 5.91 Å². The zero-order valence-corrected chi connectivity index (χ0v) is 22.5. The fourth-order valence-corrected chi connectivity index (χ4v) is 4.51. The van der Waals surface area contributed by atoms with Crippen LogP contribution in [0.15, 0.2) is 84.0 Å². The molecular weight excluding hydrogens is 589 g/mol. The molecule has 0 aliphatic heterocycles. The first kappa shape index (κ1) is 25.8. The highest BCUT2D eigenvalue weighted by atomic mass is 127. The molecule has 0 aliphatic carbocycles. The summed E-state index contributed by atoms with van der Waals surface area (Å²) in [6.45, 7) is 2.92. The van der Waals surface area contributed by atoms with E-state index < -0.39 is 0 Å². The highest BCUT2D eigenvalue weighted by Crippen LogP contribution is 2.35. The van der Waals surface area contributed by atoms with E-state index in [0.717, 1.165) is 25.8 Å². The van der Waals surface area contributed by atoms with Crippen molar-refractivity contribution in [3.63, 3.8) is 0 Å². The lowest BCUT2D eigenvalue weighted by molar-refractivity contribution is -0.119. The molecule has 0 saturated carbocycles. The molecule has 0 heterocycles. The Morgan fingerprint density at radius 3 is 2.61 bits per heavy atom. The summed E-state index contributed by atoms with van der Waals surface area (Å²) in [5.41, 5.74) is 5.22. The predicted octanol–water partition coefficient (Wildman–Crippen LogP) is 6.64. The van der Waals surface area contributed by atoms with Crippen LogP contribution in [0.4, 0.5) is 5.69 Å². The van der Waals surface area contributed by atoms with Crippen LogP contribution in [0.5, 0.6) is 11.5 Å². The lowest BCUT2D eigenvalue weighted by Gasteiger charge is -2.15. The molecule has 1 amide bonds. The summed E-state index contributed by atoms with van der Waals surface area (Å²) in [7, 11) is 0. The van der Waals surface area contributed by atoms with E-state index in [1.165, 1.54) is 5.39 Å². The van der Waals surface area contributed by atoms with Crippen LogP contribution >= 0.6 is 34.2 Å². The van der Waals surface area contributed by atoms with Gasteiger partial charge in [-0.05, 0) is 87.8 Å². The maximum Gasteiger partial charge on any atom is 0.259 e. The largest absolute Gasteiger partial charge is 0.490 e. The minimum Gasteiger partial charge on any atom is -0.490 e. The fraction of sp³-hybridized carbons (Fsp3) is 0.143. The van der Waals surface area contributed by atoms with Crippen molar-refractivity contribution in [2.45, 2.75) is 13.5 Å². The second-order valence-electron chi connectivity index (χ2n) is 7.84. The Kier molecular flexibility index (Phi) is 9.02. The topological polar surface area (TPSA) is 72.0 Å². The van der Waals surface area contributed by atoms with Gasteiger partial charge in [-0.15, -0.1) is 0 Å². The SMILES string of the molecule is CCOc1cc(/C=N\NC(=O)CNc2ccc(Cl)cc2)cc(I)c1OCc1cccc2ccccc12. The van der Waals surface area contributed by atoms with Gasteiger partial charge in [0.1, 0.15) is 6.61 Å². The second kappa shape index (κ2) is 12.6. The molecule has 2 N–H and O–H groups in total. The van der Waals surface area contributed by atoms with E-state index in [1.54, 1.807) is 30.5 Å². The number of nitrogens with zero attached hydrogens (tertiary/aromatic N) is 1. The van der Waals surface area contributed by atoms with E-state index in [0.29, 0.717) is 29.7 Å². The van der Waals surface area contributed by atoms with E-state index in [1.807, 2.05) is 37.3 Å². The minimum atomic E-state index is -0.268. The van der Waals surface area contributed by atoms with Crippen LogP contribution < -0.4 is 20.2 Å². The number of halogens is 2. The van der Waals surface area contributed by atoms with Crippen LogP contribution in [0.2, 0.25) is 5.02 Å². The highest BCUT2D eigenvalue weighted by Gasteiger charge is 2.13. The first-order chi connectivity index (χ1) is 17.5. The number of amides is 1. The summed E-state index contributed by atoms with van der Waals surface area (Å²) in [5.74, 6) is 1.04.